The van der Waals surface area contributed by atoms with Gasteiger partial charge in [-0.05, 0) is 31.2 Å². The van der Waals surface area contributed by atoms with Crippen molar-refractivity contribution in [1.29, 1.82) is 0 Å². The minimum absolute atomic E-state index is 1.29. The molecule has 0 unspecified atom stereocenters. The van der Waals surface area contributed by atoms with Gasteiger partial charge in [0, 0.05) is 19.8 Å². The van der Waals surface area contributed by atoms with Crippen molar-refractivity contribution in [1.82, 2.24) is 4.75 Å². The van der Waals surface area contributed by atoms with Crippen LogP contribution in [0.2, 0.25) is 0 Å². The average Bonchev–Trinajstić information content (AvgIpc) is 2.78. The highest BCUT2D eigenvalue weighted by Gasteiger charge is 2.04. The molecule has 98 valence electrons. The number of rotatable bonds is 10. The Morgan fingerprint density at radius 3 is 2.18 bits per heavy atom. The highest BCUT2D eigenvalue weighted by molar-refractivity contribution is 7.26. The van der Waals surface area contributed by atoms with E-state index >= 15 is 0 Å². The molecule has 0 aromatic carbocycles. The van der Waals surface area contributed by atoms with E-state index in [4.69, 9.17) is 0 Å². The summed E-state index contributed by atoms with van der Waals surface area (Å²) in [5.41, 5.74) is 1.61. The van der Waals surface area contributed by atoms with Gasteiger partial charge < -0.3 is 4.75 Å². The van der Waals surface area contributed by atoms with Crippen LogP contribution in [0.1, 0.15) is 76.1 Å². The largest absolute Gasteiger partial charge is 0.344 e. The lowest BCUT2D eigenvalue weighted by Gasteiger charge is -2.03. The summed E-state index contributed by atoms with van der Waals surface area (Å²) in [7, 11) is 1.36. The molecule has 0 saturated carbocycles. The lowest BCUT2D eigenvalue weighted by atomic mass is 10.0. The van der Waals surface area contributed by atoms with E-state index in [1.54, 1.807) is 10.9 Å². The molecular formula is C15H28NP. The Morgan fingerprint density at radius 1 is 0.882 bits per heavy atom. The van der Waals surface area contributed by atoms with Crippen molar-refractivity contribution >= 4 is 8.35 Å². The molecule has 1 heterocycles. The Bertz CT molecular complexity index is 254. The van der Waals surface area contributed by atoms with Gasteiger partial charge in [0.25, 0.3) is 0 Å². The van der Waals surface area contributed by atoms with Crippen molar-refractivity contribution < 1.29 is 0 Å². The summed E-state index contributed by atoms with van der Waals surface area (Å²) in [6, 6.07) is 0. The molecule has 2 heteroatoms. The summed E-state index contributed by atoms with van der Waals surface area (Å²) >= 11 is 0. The van der Waals surface area contributed by atoms with Crippen LogP contribution in [-0.2, 0) is 12.8 Å². The maximum atomic E-state index is 3.38. The van der Waals surface area contributed by atoms with Crippen molar-refractivity contribution in [3.63, 3.8) is 0 Å². The third-order valence-corrected chi connectivity index (χ3v) is 4.41. The van der Waals surface area contributed by atoms with E-state index in [-0.39, 0.29) is 0 Å². The Labute approximate surface area is 109 Å². The van der Waals surface area contributed by atoms with Gasteiger partial charge in [0.1, 0.15) is 0 Å². The third-order valence-electron chi connectivity index (χ3n) is 3.38. The number of H-pyrrole nitrogens is 1. The maximum absolute atomic E-state index is 3.38. The molecule has 0 atom stereocenters. The lowest BCUT2D eigenvalue weighted by Crippen LogP contribution is -1.90. The summed E-state index contributed by atoms with van der Waals surface area (Å²) in [4.78, 5) is 0. The molecule has 0 spiro atoms. The van der Waals surface area contributed by atoms with E-state index in [1.165, 1.54) is 72.6 Å². The van der Waals surface area contributed by atoms with Gasteiger partial charge in [-0.2, -0.15) is 0 Å². The van der Waals surface area contributed by atoms with E-state index in [9.17, 15) is 0 Å². The molecule has 0 bridgehead atoms. The van der Waals surface area contributed by atoms with Gasteiger partial charge in [0.05, 0.1) is 0 Å². The fourth-order valence-electron chi connectivity index (χ4n) is 2.24. The minimum atomic E-state index is 1.29. The average molecular weight is 253 g/mol. The second kappa shape index (κ2) is 9.71. The topological polar surface area (TPSA) is 15.8 Å². The first-order valence-electron chi connectivity index (χ1n) is 7.40. The first-order valence-corrected chi connectivity index (χ1v) is 8.29. The second-order valence-electron chi connectivity index (χ2n) is 4.98. The fourth-order valence-corrected chi connectivity index (χ4v) is 3.20. The molecule has 0 amide bonds. The SMILES string of the molecule is CCCCCCc1c[nH]pc1CCCCCC. The number of nitrogens with one attached hydrogen (secondary N) is 1. The van der Waals surface area contributed by atoms with Crippen molar-refractivity contribution in [2.75, 3.05) is 0 Å². The Kier molecular flexibility index (Phi) is 8.44. The predicted molar refractivity (Wildman–Crippen MR) is 79.0 cm³/mol. The Hall–Kier alpha value is -0.290. The number of hydrogen-bond donors (Lipinski definition) is 1. The van der Waals surface area contributed by atoms with Crippen LogP contribution < -0.4 is 0 Å². The van der Waals surface area contributed by atoms with E-state index in [2.05, 4.69) is 24.8 Å². The summed E-state index contributed by atoms with van der Waals surface area (Å²) < 4.78 is 3.38. The van der Waals surface area contributed by atoms with E-state index in [0.717, 1.165) is 0 Å². The molecule has 0 fully saturated rings. The molecule has 1 rings (SSSR count). The molecule has 0 aliphatic rings. The van der Waals surface area contributed by atoms with Crippen molar-refractivity contribution in [3.05, 3.63) is 17.1 Å². The summed E-state index contributed by atoms with van der Waals surface area (Å²) in [5.74, 6) is 0. The van der Waals surface area contributed by atoms with Crippen LogP contribution in [0, 0.1) is 0 Å². The molecule has 17 heavy (non-hydrogen) atoms. The highest BCUT2D eigenvalue weighted by atomic mass is 31.0. The minimum Gasteiger partial charge on any atom is -0.344 e. The van der Waals surface area contributed by atoms with Crippen LogP contribution in [0.25, 0.3) is 0 Å². The van der Waals surface area contributed by atoms with E-state index < -0.39 is 0 Å². The smallest absolute Gasteiger partial charge is 0.0142 e. The standard InChI is InChI=1S/C15H28NP/c1-3-5-7-9-11-14-13-16-17-15(14)12-10-8-6-4-2/h13,16H,3-12H2,1-2H3. The first kappa shape index (κ1) is 14.8. The monoisotopic (exact) mass is 253 g/mol. The van der Waals surface area contributed by atoms with Gasteiger partial charge in [0.15, 0.2) is 0 Å². The van der Waals surface area contributed by atoms with Crippen LogP contribution in [-0.4, -0.2) is 4.75 Å². The van der Waals surface area contributed by atoms with Crippen LogP contribution >= 0.6 is 8.35 Å². The number of hydrogen-bond acceptors (Lipinski definition) is 0. The van der Waals surface area contributed by atoms with Gasteiger partial charge in [0.2, 0.25) is 0 Å². The predicted octanol–water partition coefficient (Wildman–Crippen LogP) is 5.84. The van der Waals surface area contributed by atoms with Crippen molar-refractivity contribution in [3.8, 4) is 0 Å². The number of aromatic amines is 1. The van der Waals surface area contributed by atoms with Crippen LogP contribution in [0.3, 0.4) is 0 Å². The highest BCUT2D eigenvalue weighted by Crippen LogP contribution is 2.23. The molecule has 0 aliphatic carbocycles. The molecule has 0 aliphatic heterocycles. The van der Waals surface area contributed by atoms with Crippen molar-refractivity contribution in [2.45, 2.75) is 78.1 Å². The molecular weight excluding hydrogens is 225 g/mol. The molecule has 0 radical (unpaired) electrons. The molecule has 1 N–H and O–H groups in total. The number of aryl methyl sites for hydroxylation is 2. The van der Waals surface area contributed by atoms with Crippen molar-refractivity contribution in [2.24, 2.45) is 0 Å². The molecule has 0 saturated heterocycles. The lowest BCUT2D eigenvalue weighted by molar-refractivity contribution is 0.654. The maximum Gasteiger partial charge on any atom is 0.0142 e. The normalized spacial score (nSPS) is 11.4. The van der Waals surface area contributed by atoms with Gasteiger partial charge in [-0.3, -0.25) is 0 Å². The second-order valence-corrected chi connectivity index (χ2v) is 6.00. The third kappa shape index (κ3) is 6.27. The Balaban J connectivity index is 2.22. The van der Waals surface area contributed by atoms with Crippen LogP contribution in [0.4, 0.5) is 0 Å². The molecule has 1 aromatic rings. The zero-order valence-corrected chi connectivity index (χ0v) is 12.5. The zero-order chi connectivity index (χ0) is 12.3. The summed E-state index contributed by atoms with van der Waals surface area (Å²) in [6.45, 7) is 4.56. The number of aromatic nitrogens is 1. The van der Waals surface area contributed by atoms with Gasteiger partial charge in [-0.1, -0.05) is 52.4 Å². The fraction of sp³-hybridized carbons (Fsp3) is 0.800. The molecule has 1 aromatic heterocycles. The van der Waals surface area contributed by atoms with E-state index in [1.807, 2.05) is 0 Å². The van der Waals surface area contributed by atoms with Crippen LogP contribution in [0.5, 0.6) is 0 Å². The van der Waals surface area contributed by atoms with Gasteiger partial charge in [-0.25, -0.2) is 0 Å². The zero-order valence-electron chi connectivity index (χ0n) is 11.6. The molecule has 1 nitrogen and oxygen atoms in total. The first-order chi connectivity index (χ1) is 8.38. The van der Waals surface area contributed by atoms with Gasteiger partial charge >= 0.3 is 0 Å². The quantitative estimate of drug-likeness (QED) is 0.504. The van der Waals surface area contributed by atoms with Gasteiger partial charge in [-0.15, -0.1) is 0 Å². The van der Waals surface area contributed by atoms with Crippen LogP contribution in [0.15, 0.2) is 6.20 Å². The summed E-state index contributed by atoms with van der Waals surface area (Å²) in [6.07, 6.45) is 15.9. The summed E-state index contributed by atoms with van der Waals surface area (Å²) in [5, 5.41) is 1.66. The number of unbranched alkanes of at least 4 members (excludes halogenated alkanes) is 6. The van der Waals surface area contributed by atoms with E-state index in [0.29, 0.717) is 0 Å². The Morgan fingerprint density at radius 2 is 1.53 bits per heavy atom.